The third kappa shape index (κ3) is 2.80. The summed E-state index contributed by atoms with van der Waals surface area (Å²) in [7, 11) is 0. The molecule has 0 bridgehead atoms. The van der Waals surface area contributed by atoms with Gasteiger partial charge in [-0.1, -0.05) is 12.1 Å². The lowest BCUT2D eigenvalue weighted by molar-refractivity contribution is -0.274. The second-order valence-electron chi connectivity index (χ2n) is 5.23. The van der Waals surface area contributed by atoms with E-state index in [1.54, 1.807) is 0 Å². The van der Waals surface area contributed by atoms with Gasteiger partial charge in [0.25, 0.3) is 0 Å². The predicted octanol–water partition coefficient (Wildman–Crippen LogP) is 3.43. The molecule has 9 heteroatoms. The highest BCUT2D eigenvalue weighted by Gasteiger charge is 2.31. The Bertz CT molecular complexity index is 1070. The van der Waals surface area contributed by atoms with Crippen LogP contribution in [0.1, 0.15) is 0 Å². The topological polar surface area (TPSA) is 78.3 Å². The van der Waals surface area contributed by atoms with Crippen molar-refractivity contribution in [3.05, 3.63) is 48.5 Å². The van der Waals surface area contributed by atoms with Gasteiger partial charge in [0.2, 0.25) is 5.95 Å². The molecule has 2 N–H and O–H groups in total. The van der Waals surface area contributed by atoms with Crippen molar-refractivity contribution in [3.8, 4) is 17.1 Å². The Morgan fingerprint density at radius 1 is 0.960 bits per heavy atom. The van der Waals surface area contributed by atoms with Crippen LogP contribution in [0.2, 0.25) is 0 Å². The normalized spacial score (nSPS) is 12.0. The van der Waals surface area contributed by atoms with Crippen molar-refractivity contribution in [2.45, 2.75) is 6.36 Å². The van der Waals surface area contributed by atoms with Crippen molar-refractivity contribution in [1.29, 1.82) is 0 Å². The molecule has 126 valence electrons. The van der Waals surface area contributed by atoms with E-state index in [-0.39, 0.29) is 11.7 Å². The number of nitrogens with zero attached hydrogens (tertiary/aromatic N) is 4. The second kappa shape index (κ2) is 5.33. The zero-order valence-corrected chi connectivity index (χ0v) is 12.5. The molecule has 4 rings (SSSR count). The first-order valence-corrected chi connectivity index (χ1v) is 7.18. The van der Waals surface area contributed by atoms with E-state index in [1.807, 2.05) is 24.3 Å². The summed E-state index contributed by atoms with van der Waals surface area (Å²) in [5, 5.41) is 5.06. The van der Waals surface area contributed by atoms with Crippen molar-refractivity contribution in [2.75, 3.05) is 5.73 Å². The summed E-state index contributed by atoms with van der Waals surface area (Å²) in [6, 6.07) is 12.6. The summed E-state index contributed by atoms with van der Waals surface area (Å²) >= 11 is 0. The van der Waals surface area contributed by atoms with Gasteiger partial charge in [-0.25, -0.2) is 9.97 Å². The number of para-hydroxylation sites is 1. The molecule has 0 amide bonds. The van der Waals surface area contributed by atoms with Gasteiger partial charge in [-0.2, -0.15) is 4.52 Å². The highest BCUT2D eigenvalue weighted by molar-refractivity contribution is 5.92. The van der Waals surface area contributed by atoms with Crippen LogP contribution in [0.3, 0.4) is 0 Å². The Morgan fingerprint density at radius 2 is 1.68 bits per heavy atom. The largest absolute Gasteiger partial charge is 0.573 e. The predicted molar refractivity (Wildman–Crippen MR) is 84.8 cm³/mol. The van der Waals surface area contributed by atoms with Crippen LogP contribution in [0, 0.1) is 0 Å². The minimum atomic E-state index is -4.73. The molecule has 0 saturated heterocycles. The van der Waals surface area contributed by atoms with Crippen LogP contribution in [-0.4, -0.2) is 25.9 Å². The second-order valence-corrected chi connectivity index (χ2v) is 5.23. The molecule has 25 heavy (non-hydrogen) atoms. The average Bonchev–Trinajstić information content (AvgIpc) is 3.00. The van der Waals surface area contributed by atoms with Crippen LogP contribution in [0.4, 0.5) is 19.1 Å². The lowest BCUT2D eigenvalue weighted by Crippen LogP contribution is -2.16. The van der Waals surface area contributed by atoms with Crippen molar-refractivity contribution >= 4 is 22.5 Å². The van der Waals surface area contributed by atoms with Crippen molar-refractivity contribution in [2.24, 2.45) is 0 Å². The number of nitrogens with two attached hydrogens (primary N) is 1. The summed E-state index contributed by atoms with van der Waals surface area (Å²) in [4.78, 5) is 8.70. The number of rotatable bonds is 2. The molecule has 2 aromatic carbocycles. The fraction of sp³-hybridized carbons (Fsp3) is 0.0625. The van der Waals surface area contributed by atoms with Crippen molar-refractivity contribution < 1.29 is 17.9 Å². The number of fused-ring (bicyclic) bond motifs is 3. The zero-order valence-electron chi connectivity index (χ0n) is 12.5. The first-order valence-electron chi connectivity index (χ1n) is 7.18. The van der Waals surface area contributed by atoms with Crippen molar-refractivity contribution in [3.63, 3.8) is 0 Å². The number of anilines is 1. The molecular weight excluding hydrogens is 335 g/mol. The Balaban J connectivity index is 1.79. The highest BCUT2D eigenvalue weighted by atomic mass is 19.4. The van der Waals surface area contributed by atoms with Gasteiger partial charge >= 0.3 is 6.36 Å². The lowest BCUT2D eigenvalue weighted by atomic mass is 10.2. The number of aromatic nitrogens is 4. The van der Waals surface area contributed by atoms with E-state index in [4.69, 9.17) is 5.73 Å². The highest BCUT2D eigenvalue weighted by Crippen LogP contribution is 2.27. The van der Waals surface area contributed by atoms with E-state index in [0.29, 0.717) is 22.6 Å². The number of ether oxygens (including phenoxy) is 1. The SMILES string of the molecule is Nc1nc2ccccc2c2nc(-c3ccc(OC(F)(F)F)cc3)nn12. The van der Waals surface area contributed by atoms with Gasteiger partial charge in [0.05, 0.1) is 5.52 Å². The maximum absolute atomic E-state index is 12.2. The maximum Gasteiger partial charge on any atom is 0.573 e. The molecule has 0 saturated carbocycles. The fourth-order valence-corrected chi connectivity index (χ4v) is 2.51. The molecule has 6 nitrogen and oxygen atoms in total. The third-order valence-electron chi connectivity index (χ3n) is 3.55. The fourth-order valence-electron chi connectivity index (χ4n) is 2.51. The molecule has 0 aliphatic rings. The Kier molecular flexibility index (Phi) is 3.24. The zero-order chi connectivity index (χ0) is 17.6. The monoisotopic (exact) mass is 345 g/mol. The summed E-state index contributed by atoms with van der Waals surface area (Å²) < 4.78 is 41.9. The molecule has 0 spiro atoms. The number of benzene rings is 2. The van der Waals surface area contributed by atoms with Crippen LogP contribution in [0.25, 0.3) is 27.9 Å². The molecule has 0 aliphatic heterocycles. The van der Waals surface area contributed by atoms with Gasteiger partial charge in [0.15, 0.2) is 11.5 Å². The van der Waals surface area contributed by atoms with E-state index < -0.39 is 6.36 Å². The molecule has 4 aromatic rings. The summed E-state index contributed by atoms with van der Waals surface area (Å²) in [6.45, 7) is 0. The van der Waals surface area contributed by atoms with Gasteiger partial charge in [-0.05, 0) is 36.4 Å². The molecule has 0 atom stereocenters. The molecular formula is C16H10F3N5O. The minimum Gasteiger partial charge on any atom is -0.406 e. The minimum absolute atomic E-state index is 0.171. The number of hydrogen-bond donors (Lipinski definition) is 1. The summed E-state index contributed by atoms with van der Waals surface area (Å²) in [5.74, 6) is 0.180. The summed E-state index contributed by atoms with van der Waals surface area (Å²) in [5.41, 5.74) is 7.64. The Labute approximate surface area is 138 Å². The van der Waals surface area contributed by atoms with E-state index in [2.05, 4.69) is 19.8 Å². The third-order valence-corrected chi connectivity index (χ3v) is 3.55. The first-order chi connectivity index (χ1) is 11.9. The molecule has 0 radical (unpaired) electrons. The summed E-state index contributed by atoms with van der Waals surface area (Å²) in [6.07, 6.45) is -4.73. The average molecular weight is 345 g/mol. The van der Waals surface area contributed by atoms with Gasteiger partial charge in [-0.15, -0.1) is 18.3 Å². The van der Waals surface area contributed by atoms with E-state index in [0.717, 1.165) is 5.39 Å². The number of hydrogen-bond acceptors (Lipinski definition) is 5. The van der Waals surface area contributed by atoms with Gasteiger partial charge < -0.3 is 10.5 Å². The number of alkyl halides is 3. The van der Waals surface area contributed by atoms with Gasteiger partial charge in [0, 0.05) is 10.9 Å². The Morgan fingerprint density at radius 3 is 2.40 bits per heavy atom. The Hall–Kier alpha value is -3.36. The quantitative estimate of drug-likeness (QED) is 0.602. The van der Waals surface area contributed by atoms with Crippen LogP contribution < -0.4 is 10.5 Å². The number of halogens is 3. The van der Waals surface area contributed by atoms with Crippen LogP contribution in [0.5, 0.6) is 5.75 Å². The van der Waals surface area contributed by atoms with Gasteiger partial charge in [-0.3, -0.25) is 0 Å². The van der Waals surface area contributed by atoms with Crippen LogP contribution >= 0.6 is 0 Å². The molecule has 0 unspecified atom stereocenters. The smallest absolute Gasteiger partial charge is 0.406 e. The molecule has 2 heterocycles. The van der Waals surface area contributed by atoms with Crippen molar-refractivity contribution in [1.82, 2.24) is 19.6 Å². The first kappa shape index (κ1) is 15.2. The van der Waals surface area contributed by atoms with E-state index in [1.165, 1.54) is 28.8 Å². The number of nitrogen functional groups attached to an aromatic ring is 1. The van der Waals surface area contributed by atoms with E-state index in [9.17, 15) is 13.2 Å². The lowest BCUT2D eigenvalue weighted by Gasteiger charge is -2.08. The maximum atomic E-state index is 12.2. The molecule has 0 aliphatic carbocycles. The standard InChI is InChI=1S/C16H10F3N5O/c17-16(18,19)25-10-7-5-9(6-8-10)13-22-14-11-3-1-2-4-12(11)21-15(20)24(14)23-13/h1-8H,(H2,20,21). The van der Waals surface area contributed by atoms with Crippen LogP contribution in [0.15, 0.2) is 48.5 Å². The van der Waals surface area contributed by atoms with Crippen LogP contribution in [-0.2, 0) is 0 Å². The van der Waals surface area contributed by atoms with Gasteiger partial charge in [0.1, 0.15) is 5.75 Å². The van der Waals surface area contributed by atoms with E-state index >= 15 is 0 Å². The molecule has 0 fully saturated rings. The molecule has 2 aromatic heterocycles.